The molecule has 2 atom stereocenters. The minimum absolute atomic E-state index is 0.149. The lowest BCUT2D eigenvalue weighted by molar-refractivity contribution is -0.136. The van der Waals surface area contributed by atoms with Gasteiger partial charge in [-0.15, -0.1) is 11.3 Å². The number of aliphatic hydroxyl groups is 1. The van der Waals surface area contributed by atoms with Crippen molar-refractivity contribution in [2.75, 3.05) is 6.54 Å². The summed E-state index contributed by atoms with van der Waals surface area (Å²) in [7, 11) is 0. The molecule has 0 spiro atoms. The van der Waals surface area contributed by atoms with E-state index in [1.165, 1.54) is 23.5 Å². The third-order valence-electron chi connectivity index (χ3n) is 4.00. The smallest absolute Gasteiger partial charge is 0.384 e. The fourth-order valence-electron chi connectivity index (χ4n) is 2.97. The van der Waals surface area contributed by atoms with E-state index in [2.05, 4.69) is 5.32 Å². The Labute approximate surface area is 124 Å². The molecule has 1 aliphatic rings. The summed E-state index contributed by atoms with van der Waals surface area (Å²) in [5, 5.41) is 14.2. The predicted octanol–water partition coefficient (Wildman–Crippen LogP) is 3.88. The van der Waals surface area contributed by atoms with Crippen LogP contribution in [0.2, 0.25) is 0 Å². The maximum absolute atomic E-state index is 13.1. The van der Waals surface area contributed by atoms with Gasteiger partial charge in [-0.2, -0.15) is 13.2 Å². The van der Waals surface area contributed by atoms with Gasteiger partial charge < -0.3 is 10.4 Å². The van der Waals surface area contributed by atoms with Crippen LogP contribution in [0.4, 0.5) is 13.2 Å². The summed E-state index contributed by atoms with van der Waals surface area (Å²) in [6.07, 6.45) is -3.34. The molecule has 1 saturated heterocycles. The first-order valence-corrected chi connectivity index (χ1v) is 7.67. The third kappa shape index (κ3) is 2.67. The molecule has 1 fully saturated rings. The summed E-state index contributed by atoms with van der Waals surface area (Å²) in [6, 6.07) is 5.85. The third-order valence-corrected chi connectivity index (χ3v) is 5.29. The number of halogens is 3. The van der Waals surface area contributed by atoms with Crippen LogP contribution in [-0.2, 0) is 11.8 Å². The topological polar surface area (TPSA) is 32.3 Å². The molecular formula is C15H16F3NOS. The number of thiophene rings is 1. The number of nitrogens with one attached hydrogen (secondary N) is 1. The Kier molecular flexibility index (Phi) is 3.50. The fourth-order valence-corrected chi connectivity index (χ4v) is 4.18. The van der Waals surface area contributed by atoms with Gasteiger partial charge in [0.2, 0.25) is 0 Å². The molecule has 1 aromatic heterocycles. The van der Waals surface area contributed by atoms with Gasteiger partial charge in [-0.3, -0.25) is 0 Å². The minimum Gasteiger partial charge on any atom is -0.384 e. The zero-order valence-corrected chi connectivity index (χ0v) is 12.3. The van der Waals surface area contributed by atoms with Crippen molar-refractivity contribution >= 4 is 21.4 Å². The Bertz CT molecular complexity index is 666. The zero-order chi connectivity index (χ0) is 15.3. The van der Waals surface area contributed by atoms with Crippen molar-refractivity contribution in [3.05, 3.63) is 34.7 Å². The number of hydrogen-bond donors (Lipinski definition) is 2. The Morgan fingerprint density at radius 1 is 1.38 bits per heavy atom. The quantitative estimate of drug-likeness (QED) is 0.837. The molecule has 2 N–H and O–H groups in total. The highest BCUT2D eigenvalue weighted by molar-refractivity contribution is 7.19. The van der Waals surface area contributed by atoms with Crippen LogP contribution in [0.5, 0.6) is 0 Å². The van der Waals surface area contributed by atoms with Gasteiger partial charge in [0, 0.05) is 21.0 Å². The van der Waals surface area contributed by atoms with Crippen LogP contribution in [0, 0.1) is 0 Å². The van der Waals surface area contributed by atoms with Crippen LogP contribution in [-0.4, -0.2) is 17.7 Å². The Morgan fingerprint density at radius 3 is 2.81 bits per heavy atom. The normalized spacial score (nSPS) is 27.2. The first kappa shape index (κ1) is 14.8. The van der Waals surface area contributed by atoms with Crippen LogP contribution in [0.25, 0.3) is 10.1 Å². The van der Waals surface area contributed by atoms with E-state index in [4.69, 9.17) is 0 Å². The lowest BCUT2D eigenvalue weighted by Gasteiger charge is -2.35. The molecule has 0 amide bonds. The van der Waals surface area contributed by atoms with E-state index in [1.54, 1.807) is 6.07 Å². The van der Waals surface area contributed by atoms with Gasteiger partial charge in [0.05, 0.1) is 5.56 Å². The second-order valence-corrected chi connectivity index (χ2v) is 6.75. The number of alkyl halides is 3. The van der Waals surface area contributed by atoms with E-state index >= 15 is 0 Å². The molecule has 0 aliphatic carbocycles. The van der Waals surface area contributed by atoms with Crippen LogP contribution in [0.15, 0.2) is 24.3 Å². The summed E-state index contributed by atoms with van der Waals surface area (Å²) in [5.74, 6) is 0. The molecule has 6 heteroatoms. The standard InChI is InChI=1S/C15H16F3NOS/c1-9-8-14(20,5-6-19-9)13-7-10-11(15(16,17)18)3-2-4-12(10)21-13/h2-4,7,9,19-20H,5-6,8H2,1H3/t9-,14-/m1/s1. The number of benzene rings is 1. The number of hydrogen-bond acceptors (Lipinski definition) is 3. The second-order valence-electron chi connectivity index (χ2n) is 5.67. The Morgan fingerprint density at radius 2 is 2.14 bits per heavy atom. The highest BCUT2D eigenvalue weighted by atomic mass is 32.1. The molecule has 2 nitrogen and oxygen atoms in total. The minimum atomic E-state index is -4.37. The summed E-state index contributed by atoms with van der Waals surface area (Å²) < 4.78 is 39.7. The molecule has 0 unspecified atom stereocenters. The molecule has 2 aromatic rings. The molecule has 3 rings (SSSR count). The average Bonchev–Trinajstić information content (AvgIpc) is 2.81. The lowest BCUT2D eigenvalue weighted by atomic mass is 9.86. The molecule has 21 heavy (non-hydrogen) atoms. The number of piperidine rings is 1. The first-order valence-electron chi connectivity index (χ1n) is 6.86. The van der Waals surface area contributed by atoms with E-state index < -0.39 is 17.3 Å². The second kappa shape index (κ2) is 4.97. The van der Waals surface area contributed by atoms with Crippen molar-refractivity contribution in [2.24, 2.45) is 0 Å². The van der Waals surface area contributed by atoms with Crippen molar-refractivity contribution in [2.45, 2.75) is 37.6 Å². The number of fused-ring (bicyclic) bond motifs is 1. The molecule has 114 valence electrons. The van der Waals surface area contributed by atoms with Crippen LogP contribution >= 0.6 is 11.3 Å². The highest BCUT2D eigenvalue weighted by Crippen LogP contribution is 2.43. The van der Waals surface area contributed by atoms with Crippen LogP contribution in [0.1, 0.15) is 30.2 Å². The molecule has 1 aliphatic heterocycles. The average molecular weight is 315 g/mol. The highest BCUT2D eigenvalue weighted by Gasteiger charge is 2.38. The Balaban J connectivity index is 2.09. The maximum atomic E-state index is 13.1. The van der Waals surface area contributed by atoms with Gasteiger partial charge in [0.1, 0.15) is 5.60 Å². The summed E-state index contributed by atoms with van der Waals surface area (Å²) in [5.41, 5.74) is -1.66. The monoisotopic (exact) mass is 315 g/mol. The van der Waals surface area contributed by atoms with Gasteiger partial charge in [0.25, 0.3) is 0 Å². The van der Waals surface area contributed by atoms with Gasteiger partial charge in [-0.05, 0) is 44.5 Å². The zero-order valence-electron chi connectivity index (χ0n) is 11.5. The van der Waals surface area contributed by atoms with Crippen molar-refractivity contribution in [1.82, 2.24) is 5.32 Å². The maximum Gasteiger partial charge on any atom is 0.417 e. The van der Waals surface area contributed by atoms with Crippen molar-refractivity contribution in [3.8, 4) is 0 Å². The van der Waals surface area contributed by atoms with Crippen molar-refractivity contribution < 1.29 is 18.3 Å². The molecule has 0 bridgehead atoms. The SMILES string of the molecule is C[C@@H]1C[C@@](O)(c2cc3c(C(F)(F)F)cccc3s2)CCN1. The predicted molar refractivity (Wildman–Crippen MR) is 77.4 cm³/mol. The van der Waals surface area contributed by atoms with E-state index in [0.29, 0.717) is 29.0 Å². The first-order chi connectivity index (χ1) is 9.79. The van der Waals surface area contributed by atoms with Crippen molar-refractivity contribution in [1.29, 1.82) is 0 Å². The van der Waals surface area contributed by atoms with E-state index in [0.717, 1.165) is 6.07 Å². The number of rotatable bonds is 1. The molecule has 2 heterocycles. The van der Waals surface area contributed by atoms with Gasteiger partial charge in [-0.25, -0.2) is 0 Å². The molecule has 1 aromatic carbocycles. The van der Waals surface area contributed by atoms with E-state index in [-0.39, 0.29) is 11.4 Å². The molecular weight excluding hydrogens is 299 g/mol. The van der Waals surface area contributed by atoms with Crippen LogP contribution < -0.4 is 5.32 Å². The van der Waals surface area contributed by atoms with Crippen molar-refractivity contribution in [3.63, 3.8) is 0 Å². The van der Waals surface area contributed by atoms with Gasteiger partial charge in [0.15, 0.2) is 0 Å². The largest absolute Gasteiger partial charge is 0.417 e. The summed E-state index contributed by atoms with van der Waals surface area (Å²) in [6.45, 7) is 2.64. The molecule has 0 saturated carbocycles. The lowest BCUT2D eigenvalue weighted by Crippen LogP contribution is -2.44. The fraction of sp³-hybridized carbons (Fsp3) is 0.467. The summed E-state index contributed by atoms with van der Waals surface area (Å²) >= 11 is 1.26. The van der Waals surface area contributed by atoms with Gasteiger partial charge >= 0.3 is 6.18 Å². The summed E-state index contributed by atoms with van der Waals surface area (Å²) in [4.78, 5) is 0.627. The van der Waals surface area contributed by atoms with E-state index in [9.17, 15) is 18.3 Å². The van der Waals surface area contributed by atoms with E-state index in [1.807, 2.05) is 6.92 Å². The van der Waals surface area contributed by atoms with Gasteiger partial charge in [-0.1, -0.05) is 6.07 Å². The van der Waals surface area contributed by atoms with Crippen LogP contribution in [0.3, 0.4) is 0 Å². The molecule has 0 radical (unpaired) electrons. The Hall–Kier alpha value is -1.11.